The van der Waals surface area contributed by atoms with E-state index in [4.69, 9.17) is 16.3 Å². The molecule has 3 aromatic rings. The van der Waals surface area contributed by atoms with Crippen molar-refractivity contribution in [1.29, 1.82) is 0 Å². The molecule has 26 heavy (non-hydrogen) atoms. The van der Waals surface area contributed by atoms with Crippen LogP contribution in [0.4, 0.5) is 0 Å². The summed E-state index contributed by atoms with van der Waals surface area (Å²) in [6.07, 6.45) is 5.29. The van der Waals surface area contributed by atoms with Crippen LogP contribution in [0.2, 0.25) is 5.02 Å². The van der Waals surface area contributed by atoms with Crippen molar-refractivity contribution in [3.8, 4) is 11.6 Å². The molecule has 134 valence electrons. The quantitative estimate of drug-likeness (QED) is 0.723. The number of carbonyl (C=O) groups excluding carboxylic acids is 1. The zero-order valence-electron chi connectivity index (χ0n) is 14.6. The summed E-state index contributed by atoms with van der Waals surface area (Å²) in [6.45, 7) is 4.13. The van der Waals surface area contributed by atoms with Crippen molar-refractivity contribution < 1.29 is 9.53 Å². The van der Waals surface area contributed by atoms with E-state index in [-0.39, 0.29) is 12.5 Å². The van der Waals surface area contributed by atoms with Gasteiger partial charge in [-0.05, 0) is 55.3 Å². The summed E-state index contributed by atoms with van der Waals surface area (Å²) in [7, 11) is 0. The van der Waals surface area contributed by atoms with Crippen LogP contribution >= 0.6 is 11.6 Å². The Morgan fingerprint density at radius 2 is 2.04 bits per heavy atom. The van der Waals surface area contributed by atoms with Crippen LogP contribution in [0.3, 0.4) is 0 Å². The van der Waals surface area contributed by atoms with E-state index in [0.29, 0.717) is 17.3 Å². The average Bonchev–Trinajstić information content (AvgIpc) is 3.05. The number of halogens is 1. The number of rotatable bonds is 6. The van der Waals surface area contributed by atoms with E-state index < -0.39 is 0 Å². The maximum absolute atomic E-state index is 12.0. The van der Waals surface area contributed by atoms with E-state index >= 15 is 0 Å². The highest BCUT2D eigenvalue weighted by molar-refractivity contribution is 6.30. The van der Waals surface area contributed by atoms with Gasteiger partial charge in [0.2, 0.25) is 0 Å². The summed E-state index contributed by atoms with van der Waals surface area (Å²) >= 11 is 5.91. The lowest BCUT2D eigenvalue weighted by Crippen LogP contribution is -2.28. The highest BCUT2D eigenvalue weighted by Gasteiger charge is 2.07. The van der Waals surface area contributed by atoms with E-state index in [2.05, 4.69) is 15.3 Å². The van der Waals surface area contributed by atoms with Crippen molar-refractivity contribution in [3.05, 3.63) is 70.9 Å². The number of hydrogen-bond acceptors (Lipinski definition) is 4. The number of aryl methyl sites for hydroxylation is 2. The van der Waals surface area contributed by atoms with Gasteiger partial charge in [0.25, 0.3) is 5.91 Å². The van der Waals surface area contributed by atoms with Crippen molar-refractivity contribution in [1.82, 2.24) is 19.9 Å². The SMILES string of the molecule is Cc1cc(Cl)ccc1OCC(=O)NCc1ccnc(-n2ccnc2C)c1. The van der Waals surface area contributed by atoms with Gasteiger partial charge in [-0.25, -0.2) is 9.97 Å². The maximum Gasteiger partial charge on any atom is 0.258 e. The first-order valence-corrected chi connectivity index (χ1v) is 8.51. The lowest BCUT2D eigenvalue weighted by atomic mass is 10.2. The first kappa shape index (κ1) is 17.9. The van der Waals surface area contributed by atoms with E-state index in [9.17, 15) is 4.79 Å². The van der Waals surface area contributed by atoms with Crippen LogP contribution < -0.4 is 10.1 Å². The minimum Gasteiger partial charge on any atom is -0.484 e. The zero-order chi connectivity index (χ0) is 18.5. The number of hydrogen-bond donors (Lipinski definition) is 1. The Hall–Kier alpha value is -2.86. The summed E-state index contributed by atoms with van der Waals surface area (Å²) in [5, 5.41) is 3.48. The molecule has 6 nitrogen and oxygen atoms in total. The molecule has 0 radical (unpaired) electrons. The lowest BCUT2D eigenvalue weighted by Gasteiger charge is -2.10. The third-order valence-corrected chi connectivity index (χ3v) is 4.10. The maximum atomic E-state index is 12.0. The molecule has 0 aliphatic heterocycles. The molecule has 0 atom stereocenters. The molecule has 0 unspecified atom stereocenters. The van der Waals surface area contributed by atoms with E-state index in [1.165, 1.54) is 0 Å². The van der Waals surface area contributed by atoms with Crippen LogP contribution in [0.15, 0.2) is 48.9 Å². The number of imidazole rings is 1. The molecule has 0 fully saturated rings. The minimum absolute atomic E-state index is 0.0545. The van der Waals surface area contributed by atoms with Gasteiger partial charge in [0.05, 0.1) is 0 Å². The van der Waals surface area contributed by atoms with E-state index in [1.807, 2.05) is 36.7 Å². The van der Waals surface area contributed by atoms with Crippen molar-refractivity contribution in [2.24, 2.45) is 0 Å². The third-order valence-electron chi connectivity index (χ3n) is 3.87. The number of amides is 1. The van der Waals surface area contributed by atoms with Crippen LogP contribution in [0, 0.1) is 13.8 Å². The summed E-state index contributed by atoms with van der Waals surface area (Å²) in [5.74, 6) is 2.06. The number of benzene rings is 1. The molecule has 0 spiro atoms. The van der Waals surface area contributed by atoms with Gasteiger partial charge < -0.3 is 10.1 Å². The number of pyridine rings is 1. The van der Waals surface area contributed by atoms with E-state index in [1.54, 1.807) is 30.6 Å². The van der Waals surface area contributed by atoms with Gasteiger partial charge in [-0.2, -0.15) is 0 Å². The number of aromatic nitrogens is 3. The zero-order valence-corrected chi connectivity index (χ0v) is 15.3. The molecule has 2 heterocycles. The second-order valence-electron chi connectivity index (χ2n) is 5.84. The second kappa shape index (κ2) is 8.01. The predicted octanol–water partition coefficient (Wildman–Crippen LogP) is 3.23. The topological polar surface area (TPSA) is 69.0 Å². The fraction of sp³-hybridized carbons (Fsp3) is 0.211. The fourth-order valence-corrected chi connectivity index (χ4v) is 2.72. The molecule has 0 bridgehead atoms. The molecule has 0 aliphatic carbocycles. The Balaban J connectivity index is 1.55. The van der Waals surface area contributed by atoms with E-state index in [0.717, 1.165) is 22.8 Å². The van der Waals surface area contributed by atoms with Crippen molar-refractivity contribution in [2.45, 2.75) is 20.4 Å². The minimum atomic E-state index is -0.198. The second-order valence-corrected chi connectivity index (χ2v) is 6.28. The highest BCUT2D eigenvalue weighted by Crippen LogP contribution is 2.21. The highest BCUT2D eigenvalue weighted by atomic mass is 35.5. The molecule has 7 heteroatoms. The van der Waals surface area contributed by atoms with Gasteiger partial charge in [-0.3, -0.25) is 9.36 Å². The van der Waals surface area contributed by atoms with Gasteiger partial charge in [0.1, 0.15) is 17.4 Å². The Morgan fingerprint density at radius 3 is 2.77 bits per heavy atom. The summed E-state index contributed by atoms with van der Waals surface area (Å²) < 4.78 is 7.43. The fourth-order valence-electron chi connectivity index (χ4n) is 2.49. The molecule has 0 saturated heterocycles. The van der Waals surface area contributed by atoms with Crippen molar-refractivity contribution in [2.75, 3.05) is 6.61 Å². The van der Waals surface area contributed by atoms with Gasteiger partial charge in [0, 0.05) is 30.2 Å². The molecule has 1 amide bonds. The number of nitrogens with zero attached hydrogens (tertiary/aromatic N) is 3. The Kier molecular flexibility index (Phi) is 5.53. The Labute approximate surface area is 156 Å². The number of nitrogens with one attached hydrogen (secondary N) is 1. The summed E-state index contributed by atoms with van der Waals surface area (Å²) in [4.78, 5) is 20.6. The molecule has 1 N–H and O–H groups in total. The first-order valence-electron chi connectivity index (χ1n) is 8.14. The molecule has 2 aromatic heterocycles. The molecule has 0 saturated carbocycles. The third kappa shape index (κ3) is 4.40. The monoisotopic (exact) mass is 370 g/mol. The van der Waals surface area contributed by atoms with Crippen LogP contribution in [-0.4, -0.2) is 27.0 Å². The van der Waals surface area contributed by atoms with Crippen LogP contribution in [-0.2, 0) is 11.3 Å². The number of ether oxygens (including phenoxy) is 1. The Morgan fingerprint density at radius 1 is 1.19 bits per heavy atom. The van der Waals surface area contributed by atoms with Gasteiger partial charge >= 0.3 is 0 Å². The molecule has 0 aliphatic rings. The normalized spacial score (nSPS) is 10.6. The van der Waals surface area contributed by atoms with Gasteiger partial charge in [-0.15, -0.1) is 0 Å². The largest absolute Gasteiger partial charge is 0.484 e. The van der Waals surface area contributed by atoms with Gasteiger partial charge in [0.15, 0.2) is 6.61 Å². The molecular formula is C19H19ClN4O2. The molecule has 3 rings (SSSR count). The Bertz CT molecular complexity index is 923. The predicted molar refractivity (Wildman–Crippen MR) is 99.6 cm³/mol. The molecule has 1 aromatic carbocycles. The summed E-state index contributed by atoms with van der Waals surface area (Å²) in [5.41, 5.74) is 1.83. The van der Waals surface area contributed by atoms with Crippen molar-refractivity contribution in [3.63, 3.8) is 0 Å². The summed E-state index contributed by atoms with van der Waals surface area (Å²) in [6, 6.07) is 9.07. The van der Waals surface area contributed by atoms with Gasteiger partial charge in [-0.1, -0.05) is 11.6 Å². The first-order chi connectivity index (χ1) is 12.5. The van der Waals surface area contributed by atoms with Crippen molar-refractivity contribution >= 4 is 17.5 Å². The number of carbonyl (C=O) groups is 1. The standard InChI is InChI=1S/C19H19ClN4O2/c1-13-9-16(20)3-4-17(13)26-12-19(25)23-11-15-5-6-22-18(10-15)24-8-7-21-14(24)2/h3-10H,11-12H2,1-2H3,(H,23,25). The lowest BCUT2D eigenvalue weighted by molar-refractivity contribution is -0.123. The van der Waals surface area contributed by atoms with Crippen LogP contribution in [0.1, 0.15) is 17.0 Å². The molecular weight excluding hydrogens is 352 g/mol. The average molecular weight is 371 g/mol. The van der Waals surface area contributed by atoms with Crippen LogP contribution in [0.5, 0.6) is 5.75 Å². The smallest absolute Gasteiger partial charge is 0.258 e. The van der Waals surface area contributed by atoms with Crippen LogP contribution in [0.25, 0.3) is 5.82 Å².